The predicted octanol–water partition coefficient (Wildman–Crippen LogP) is 0.415. The van der Waals surface area contributed by atoms with E-state index < -0.39 is 0 Å². The number of carbonyl (C=O) groups excluding carboxylic acids is 2. The number of carbonyl (C=O) groups is 2. The Balaban J connectivity index is 1.71. The van der Waals surface area contributed by atoms with E-state index in [0.717, 1.165) is 37.9 Å². The zero-order chi connectivity index (χ0) is 18.4. The Kier molecular flexibility index (Phi) is 6.65. The van der Waals surface area contributed by atoms with Gasteiger partial charge in [-0.1, -0.05) is 11.8 Å². The Bertz CT molecular complexity index is 592. The van der Waals surface area contributed by atoms with Crippen molar-refractivity contribution >= 4 is 28.8 Å². The monoisotopic (exact) mass is 371 g/mol. The van der Waals surface area contributed by atoms with E-state index >= 15 is 0 Å². The van der Waals surface area contributed by atoms with Gasteiger partial charge in [-0.3, -0.25) is 19.4 Å². The van der Waals surface area contributed by atoms with Crippen molar-refractivity contribution in [3.63, 3.8) is 0 Å². The van der Waals surface area contributed by atoms with E-state index in [2.05, 4.69) is 27.9 Å². The molecule has 0 radical (unpaired) electrons. The summed E-state index contributed by atoms with van der Waals surface area (Å²) in [6.45, 7) is 9.35. The van der Waals surface area contributed by atoms with E-state index in [1.807, 2.05) is 25.8 Å². The lowest BCUT2D eigenvalue weighted by Gasteiger charge is -2.26. The molecule has 1 aromatic rings. The smallest absolute Gasteiger partial charge is 0.305 e. The highest BCUT2D eigenvalue weighted by atomic mass is 32.2. The number of anilines is 1. The summed E-state index contributed by atoms with van der Waals surface area (Å²) in [4.78, 5) is 27.5. The van der Waals surface area contributed by atoms with Crippen LogP contribution in [0.5, 0.6) is 0 Å². The van der Waals surface area contributed by atoms with Gasteiger partial charge in [0.15, 0.2) is 0 Å². The first-order valence-electron chi connectivity index (χ1n) is 8.30. The average Bonchev–Trinajstić information content (AvgIpc) is 2.94. The minimum atomic E-state index is -0.275. The molecule has 0 bridgehead atoms. The summed E-state index contributed by atoms with van der Waals surface area (Å²) in [7, 11) is 2.08. The molecule has 140 valence electrons. The first-order chi connectivity index (χ1) is 11.7. The molecule has 10 heteroatoms. The van der Waals surface area contributed by atoms with Gasteiger partial charge in [-0.05, 0) is 27.8 Å². The Morgan fingerprint density at radius 2 is 2.00 bits per heavy atom. The fourth-order valence-electron chi connectivity index (χ4n) is 2.21. The van der Waals surface area contributed by atoms with Crippen LogP contribution in [0.25, 0.3) is 0 Å². The number of aromatic nitrogens is 2. The molecule has 25 heavy (non-hydrogen) atoms. The minimum absolute atomic E-state index is 0.132. The van der Waals surface area contributed by atoms with Crippen molar-refractivity contribution in [3.05, 3.63) is 6.20 Å². The van der Waals surface area contributed by atoms with Crippen LogP contribution in [0.1, 0.15) is 27.2 Å². The van der Waals surface area contributed by atoms with Crippen LogP contribution in [0.3, 0.4) is 0 Å². The van der Waals surface area contributed by atoms with Gasteiger partial charge in [-0.25, -0.2) is 0 Å². The van der Waals surface area contributed by atoms with Gasteiger partial charge in [0.05, 0.1) is 17.9 Å². The lowest BCUT2D eigenvalue weighted by molar-refractivity contribution is -0.759. The van der Waals surface area contributed by atoms with Crippen molar-refractivity contribution in [2.45, 2.75) is 32.7 Å². The third-order valence-corrected chi connectivity index (χ3v) is 4.30. The van der Waals surface area contributed by atoms with E-state index in [4.69, 9.17) is 4.52 Å². The normalized spacial score (nSPS) is 15.9. The molecule has 1 saturated heterocycles. The molecule has 2 N–H and O–H groups in total. The second-order valence-corrected chi connectivity index (χ2v) is 8.12. The first-order valence-corrected chi connectivity index (χ1v) is 9.29. The number of piperazine rings is 1. The first kappa shape index (κ1) is 19.5. The summed E-state index contributed by atoms with van der Waals surface area (Å²) in [5, 5.41) is 11.3. The van der Waals surface area contributed by atoms with E-state index in [-0.39, 0.29) is 23.1 Å². The van der Waals surface area contributed by atoms with Crippen LogP contribution in [0.4, 0.5) is 10.7 Å². The highest BCUT2D eigenvalue weighted by Crippen LogP contribution is 2.10. The maximum Gasteiger partial charge on any atom is 0.305 e. The fourth-order valence-corrected chi connectivity index (χ4v) is 3.06. The maximum atomic E-state index is 11.9. The van der Waals surface area contributed by atoms with E-state index in [0.29, 0.717) is 11.6 Å². The van der Waals surface area contributed by atoms with Gasteiger partial charge in [0, 0.05) is 30.8 Å². The predicted molar refractivity (Wildman–Crippen MR) is 96.1 cm³/mol. The molecule has 2 amide bonds. The molecule has 0 atom stereocenters. The van der Waals surface area contributed by atoms with Gasteiger partial charge in [0.25, 0.3) is 11.4 Å². The molecule has 0 saturated carbocycles. The molecule has 1 aromatic heterocycles. The molecule has 0 unspecified atom stereocenters. The number of nitrogens with zero attached hydrogens (tertiary/aromatic N) is 4. The molecule has 2 rings (SSSR count). The van der Waals surface area contributed by atoms with Gasteiger partial charge >= 0.3 is 5.88 Å². The average molecular weight is 371 g/mol. The van der Waals surface area contributed by atoms with Crippen LogP contribution in [-0.2, 0) is 4.79 Å². The van der Waals surface area contributed by atoms with Gasteiger partial charge in [0.2, 0.25) is 11.2 Å². The minimum Gasteiger partial charge on any atom is -0.342 e. The van der Waals surface area contributed by atoms with Gasteiger partial charge in [-0.15, -0.1) is 0 Å². The number of thioether (sulfide) groups is 1. The van der Waals surface area contributed by atoms with Crippen LogP contribution in [-0.4, -0.2) is 65.8 Å². The quantitative estimate of drug-likeness (QED) is 0.724. The molecular formula is C15H27N6O3S+. The van der Waals surface area contributed by atoms with Crippen molar-refractivity contribution < 1.29 is 18.9 Å². The Hall–Kier alpha value is -1.81. The summed E-state index contributed by atoms with van der Waals surface area (Å²) in [6, 6.07) is 0. The third-order valence-electron chi connectivity index (χ3n) is 3.53. The summed E-state index contributed by atoms with van der Waals surface area (Å²) >= 11 is 1.10. The van der Waals surface area contributed by atoms with Crippen LogP contribution in [0, 0.1) is 0 Å². The number of hydrogen-bond acceptors (Lipinski definition) is 7. The lowest BCUT2D eigenvalue weighted by Crippen LogP contribution is -2.64. The third kappa shape index (κ3) is 6.91. The molecule has 1 aliphatic heterocycles. The second-order valence-electron chi connectivity index (χ2n) is 7.05. The number of amides is 2. The number of rotatable bonds is 5. The topological polar surface area (TPSA) is 94.6 Å². The Morgan fingerprint density at radius 3 is 2.64 bits per heavy atom. The zero-order valence-electron chi connectivity index (χ0n) is 15.2. The summed E-state index contributed by atoms with van der Waals surface area (Å²) in [5.41, 5.74) is -0.275. The summed E-state index contributed by atoms with van der Waals surface area (Å²) in [6.07, 6.45) is 1.88. The van der Waals surface area contributed by atoms with E-state index in [9.17, 15) is 9.59 Å². The van der Waals surface area contributed by atoms with Crippen LogP contribution < -0.4 is 20.4 Å². The molecule has 9 nitrogen and oxygen atoms in total. The number of hydrogen-bond donors (Lipinski definition) is 2. The number of likely N-dealkylation sites (N-methyl/N-ethyl adjacent to an activating group) is 1. The van der Waals surface area contributed by atoms with Gasteiger partial charge < -0.3 is 10.2 Å². The maximum absolute atomic E-state index is 11.9. The Labute approximate surface area is 152 Å². The summed E-state index contributed by atoms with van der Waals surface area (Å²) in [5.74, 6) is 0.492. The largest absolute Gasteiger partial charge is 0.342 e. The van der Waals surface area contributed by atoms with Crippen LogP contribution in [0.2, 0.25) is 0 Å². The molecule has 0 spiro atoms. The van der Waals surface area contributed by atoms with Crippen molar-refractivity contribution in [1.29, 1.82) is 0 Å². The molecule has 0 aliphatic carbocycles. The number of nitrogens with one attached hydrogen (secondary N) is 2. The SMILES string of the molecule is CN1CCN([n+]2cc(NC(=O)CCSC(=O)NC(C)(C)C)on2)CC1. The van der Waals surface area contributed by atoms with Crippen LogP contribution >= 0.6 is 11.8 Å². The van der Waals surface area contributed by atoms with Crippen molar-refractivity contribution in [2.75, 3.05) is 49.3 Å². The zero-order valence-corrected chi connectivity index (χ0v) is 16.1. The van der Waals surface area contributed by atoms with E-state index in [1.165, 1.54) is 0 Å². The van der Waals surface area contributed by atoms with Crippen molar-refractivity contribution in [2.24, 2.45) is 0 Å². The van der Waals surface area contributed by atoms with Gasteiger partial charge in [0.1, 0.15) is 0 Å². The van der Waals surface area contributed by atoms with Crippen LogP contribution in [0.15, 0.2) is 10.7 Å². The highest BCUT2D eigenvalue weighted by molar-refractivity contribution is 8.13. The summed E-state index contributed by atoms with van der Waals surface area (Å²) < 4.78 is 5.15. The second kappa shape index (κ2) is 8.52. The van der Waals surface area contributed by atoms with Crippen molar-refractivity contribution in [3.8, 4) is 0 Å². The highest BCUT2D eigenvalue weighted by Gasteiger charge is 2.25. The molecule has 1 aliphatic rings. The van der Waals surface area contributed by atoms with E-state index in [1.54, 1.807) is 11.0 Å². The fraction of sp³-hybridized carbons (Fsp3) is 0.733. The molecule has 1 fully saturated rings. The van der Waals surface area contributed by atoms with Gasteiger partial charge in [-0.2, -0.15) is 5.01 Å². The standard InChI is InChI=1S/C15H26N6O3S/c1-15(2,3)17-14(23)25-10-5-12(22)16-13-11-21(18-24-13)20-8-6-19(4)7-9-20/h11H,5-10H2,1-4H3,(H-,16,17,18,22,23)/p+1. The Morgan fingerprint density at radius 1 is 1.32 bits per heavy atom. The molecular weight excluding hydrogens is 344 g/mol. The molecule has 0 aromatic carbocycles. The lowest BCUT2D eigenvalue weighted by atomic mass is 10.1. The van der Waals surface area contributed by atoms with Crippen molar-refractivity contribution in [1.82, 2.24) is 15.5 Å². The molecule has 2 heterocycles.